The largest absolute Gasteiger partial charge is 0.497 e. The average molecular weight is 353 g/mol. The van der Waals surface area contributed by atoms with Crippen molar-refractivity contribution in [1.29, 1.82) is 0 Å². The van der Waals surface area contributed by atoms with E-state index in [0.717, 1.165) is 24.2 Å². The van der Waals surface area contributed by atoms with Crippen LogP contribution in [-0.2, 0) is 0 Å². The van der Waals surface area contributed by atoms with E-state index in [-0.39, 0.29) is 11.8 Å². The van der Waals surface area contributed by atoms with Crippen LogP contribution >= 0.6 is 0 Å². The Bertz CT molecular complexity index is 871. The third-order valence-electron chi connectivity index (χ3n) is 4.58. The molecule has 4 rings (SSSR count). The van der Waals surface area contributed by atoms with Crippen molar-refractivity contribution >= 4 is 5.91 Å². The van der Waals surface area contributed by atoms with Gasteiger partial charge in [-0.25, -0.2) is 0 Å². The summed E-state index contributed by atoms with van der Waals surface area (Å²) in [5, 5.41) is 4.09. The summed E-state index contributed by atoms with van der Waals surface area (Å²) < 4.78 is 15.9. The maximum atomic E-state index is 12.5. The Morgan fingerprint density at radius 2 is 2.12 bits per heavy atom. The van der Waals surface area contributed by atoms with Gasteiger partial charge in [0.05, 0.1) is 19.3 Å². The number of hydrogen-bond acceptors (Lipinski definition) is 6. The molecule has 0 N–H and O–H groups in total. The lowest BCUT2D eigenvalue weighted by atomic mass is 9.97. The highest BCUT2D eigenvalue weighted by molar-refractivity contribution is 5.91. The SMILES string of the molecule is COc1ccc(-c2noc([C@H]3CCCN(C(=O)c4ccco4)C3)n2)cc1. The fourth-order valence-corrected chi connectivity index (χ4v) is 3.18. The Hall–Kier alpha value is -3.09. The van der Waals surface area contributed by atoms with Crippen LogP contribution in [0.2, 0.25) is 0 Å². The highest BCUT2D eigenvalue weighted by Crippen LogP contribution is 2.28. The summed E-state index contributed by atoms with van der Waals surface area (Å²) >= 11 is 0. The standard InChI is InChI=1S/C19H19N3O4/c1-24-15-8-6-13(7-9-15)17-20-18(26-21-17)14-4-2-10-22(12-14)19(23)16-5-3-11-25-16/h3,5-9,11,14H,2,4,10,12H2,1H3/t14-/m0/s1. The predicted octanol–water partition coefficient (Wildman–Crippen LogP) is 3.36. The van der Waals surface area contributed by atoms with Crippen molar-refractivity contribution in [3.05, 3.63) is 54.3 Å². The van der Waals surface area contributed by atoms with E-state index in [4.69, 9.17) is 13.7 Å². The Morgan fingerprint density at radius 1 is 1.27 bits per heavy atom. The summed E-state index contributed by atoms with van der Waals surface area (Å²) in [4.78, 5) is 18.8. The molecule has 1 aromatic carbocycles. The molecule has 1 atom stereocenters. The Labute approximate surface area is 150 Å². The molecule has 0 unspecified atom stereocenters. The van der Waals surface area contributed by atoms with Gasteiger partial charge in [-0.3, -0.25) is 4.79 Å². The number of carbonyl (C=O) groups excluding carboxylic acids is 1. The summed E-state index contributed by atoms with van der Waals surface area (Å²) in [6.45, 7) is 1.25. The van der Waals surface area contributed by atoms with Crippen molar-refractivity contribution in [2.45, 2.75) is 18.8 Å². The predicted molar refractivity (Wildman–Crippen MR) is 92.9 cm³/mol. The topological polar surface area (TPSA) is 81.6 Å². The van der Waals surface area contributed by atoms with Gasteiger partial charge in [0, 0.05) is 18.7 Å². The molecule has 0 bridgehead atoms. The summed E-state index contributed by atoms with van der Waals surface area (Å²) in [6.07, 6.45) is 3.30. The number of piperidine rings is 1. The molecular weight excluding hydrogens is 334 g/mol. The van der Waals surface area contributed by atoms with Gasteiger partial charge in [0.2, 0.25) is 11.7 Å². The van der Waals surface area contributed by atoms with Crippen LogP contribution < -0.4 is 4.74 Å². The molecular formula is C19H19N3O4. The van der Waals surface area contributed by atoms with Gasteiger partial charge in [-0.05, 0) is 49.2 Å². The first-order valence-corrected chi connectivity index (χ1v) is 8.55. The molecule has 7 nitrogen and oxygen atoms in total. The van der Waals surface area contributed by atoms with Gasteiger partial charge in [-0.15, -0.1) is 0 Å². The molecule has 1 amide bonds. The van der Waals surface area contributed by atoms with E-state index in [1.54, 1.807) is 24.1 Å². The molecule has 3 aromatic rings. The zero-order valence-corrected chi connectivity index (χ0v) is 14.4. The lowest BCUT2D eigenvalue weighted by Gasteiger charge is -2.30. The van der Waals surface area contributed by atoms with Gasteiger partial charge < -0.3 is 18.6 Å². The van der Waals surface area contributed by atoms with Crippen LogP contribution in [0, 0.1) is 0 Å². The number of carbonyl (C=O) groups is 1. The molecule has 1 saturated heterocycles. The first-order chi connectivity index (χ1) is 12.7. The molecule has 1 aliphatic rings. The summed E-state index contributed by atoms with van der Waals surface area (Å²) in [6, 6.07) is 10.9. The highest BCUT2D eigenvalue weighted by atomic mass is 16.5. The maximum Gasteiger partial charge on any atom is 0.289 e. The van der Waals surface area contributed by atoms with Crippen molar-refractivity contribution in [1.82, 2.24) is 15.0 Å². The van der Waals surface area contributed by atoms with E-state index in [0.29, 0.717) is 30.6 Å². The van der Waals surface area contributed by atoms with Crippen molar-refractivity contribution in [2.24, 2.45) is 0 Å². The van der Waals surface area contributed by atoms with Gasteiger partial charge in [-0.2, -0.15) is 4.98 Å². The first-order valence-electron chi connectivity index (χ1n) is 8.55. The zero-order chi connectivity index (χ0) is 17.9. The first kappa shape index (κ1) is 16.4. The van der Waals surface area contributed by atoms with Crippen LogP contribution in [0.1, 0.15) is 35.2 Å². The fourth-order valence-electron chi connectivity index (χ4n) is 3.18. The molecule has 134 valence electrons. The van der Waals surface area contributed by atoms with Crippen LogP contribution in [0.5, 0.6) is 5.75 Å². The molecule has 26 heavy (non-hydrogen) atoms. The van der Waals surface area contributed by atoms with E-state index in [1.807, 2.05) is 24.3 Å². The maximum absolute atomic E-state index is 12.5. The second kappa shape index (κ2) is 7.03. The monoisotopic (exact) mass is 353 g/mol. The number of likely N-dealkylation sites (tertiary alicyclic amines) is 1. The molecule has 7 heteroatoms. The minimum atomic E-state index is -0.102. The second-order valence-electron chi connectivity index (χ2n) is 6.25. The minimum absolute atomic E-state index is 0.0298. The van der Waals surface area contributed by atoms with Gasteiger partial charge in [0.15, 0.2) is 5.76 Å². The van der Waals surface area contributed by atoms with Crippen LogP contribution in [0.25, 0.3) is 11.4 Å². The van der Waals surface area contributed by atoms with Gasteiger partial charge in [0.25, 0.3) is 5.91 Å². The van der Waals surface area contributed by atoms with Gasteiger partial charge in [0.1, 0.15) is 5.75 Å². The van der Waals surface area contributed by atoms with Crippen molar-refractivity contribution in [3.8, 4) is 17.1 Å². The van der Waals surface area contributed by atoms with Gasteiger partial charge >= 0.3 is 0 Å². The number of methoxy groups -OCH3 is 1. The number of benzene rings is 1. The summed E-state index contributed by atoms with van der Waals surface area (Å²) in [5.74, 6) is 2.16. The molecule has 1 aliphatic heterocycles. The lowest BCUT2D eigenvalue weighted by Crippen LogP contribution is -2.39. The van der Waals surface area contributed by atoms with Crippen molar-refractivity contribution in [3.63, 3.8) is 0 Å². The fraction of sp³-hybridized carbons (Fsp3) is 0.316. The Morgan fingerprint density at radius 3 is 2.85 bits per heavy atom. The van der Waals surface area contributed by atoms with Crippen LogP contribution in [0.3, 0.4) is 0 Å². The third kappa shape index (κ3) is 3.20. The second-order valence-corrected chi connectivity index (χ2v) is 6.25. The molecule has 0 saturated carbocycles. The van der Waals surface area contributed by atoms with E-state index >= 15 is 0 Å². The number of furan rings is 1. The number of amides is 1. The Kier molecular flexibility index (Phi) is 4.43. The quantitative estimate of drug-likeness (QED) is 0.715. The van der Waals surface area contributed by atoms with E-state index in [1.165, 1.54) is 6.26 Å². The molecule has 0 spiro atoms. The minimum Gasteiger partial charge on any atom is -0.497 e. The third-order valence-corrected chi connectivity index (χ3v) is 4.58. The van der Waals surface area contributed by atoms with Crippen LogP contribution in [0.4, 0.5) is 0 Å². The van der Waals surface area contributed by atoms with Crippen LogP contribution in [0.15, 0.2) is 51.6 Å². The summed E-state index contributed by atoms with van der Waals surface area (Å²) in [5.41, 5.74) is 0.861. The molecule has 1 fully saturated rings. The zero-order valence-electron chi connectivity index (χ0n) is 14.4. The number of hydrogen-bond donors (Lipinski definition) is 0. The number of aromatic nitrogens is 2. The van der Waals surface area contributed by atoms with Crippen LogP contribution in [-0.4, -0.2) is 41.1 Å². The molecule has 3 heterocycles. The average Bonchev–Trinajstić information content (AvgIpc) is 3.40. The van der Waals surface area contributed by atoms with Crippen molar-refractivity contribution < 1.29 is 18.5 Å². The van der Waals surface area contributed by atoms with E-state index < -0.39 is 0 Å². The normalized spacial score (nSPS) is 17.3. The van der Waals surface area contributed by atoms with E-state index in [2.05, 4.69) is 10.1 Å². The molecule has 0 aliphatic carbocycles. The Balaban J connectivity index is 1.49. The molecule has 0 radical (unpaired) electrons. The summed E-state index contributed by atoms with van der Waals surface area (Å²) in [7, 11) is 1.63. The van der Waals surface area contributed by atoms with Gasteiger partial charge in [-0.1, -0.05) is 5.16 Å². The lowest BCUT2D eigenvalue weighted by molar-refractivity contribution is 0.0663. The number of rotatable bonds is 4. The molecule has 2 aromatic heterocycles. The highest BCUT2D eigenvalue weighted by Gasteiger charge is 2.30. The van der Waals surface area contributed by atoms with E-state index in [9.17, 15) is 4.79 Å². The number of nitrogens with zero attached hydrogens (tertiary/aromatic N) is 3. The van der Waals surface area contributed by atoms with Crippen molar-refractivity contribution in [2.75, 3.05) is 20.2 Å². The number of ether oxygens (including phenoxy) is 1. The smallest absolute Gasteiger partial charge is 0.289 e.